The summed E-state index contributed by atoms with van der Waals surface area (Å²) in [4.78, 5) is 1.16. The van der Waals surface area contributed by atoms with Crippen molar-refractivity contribution in [3.63, 3.8) is 0 Å². The van der Waals surface area contributed by atoms with Crippen LogP contribution in [-0.2, 0) is 0 Å². The molecule has 1 atom stereocenters. The summed E-state index contributed by atoms with van der Waals surface area (Å²) in [5, 5.41) is 22.3. The highest BCUT2D eigenvalue weighted by molar-refractivity contribution is 8.01. The van der Waals surface area contributed by atoms with Crippen molar-refractivity contribution in [3.8, 4) is 6.07 Å². The molecule has 1 unspecified atom stereocenters. The van der Waals surface area contributed by atoms with Crippen molar-refractivity contribution >= 4 is 11.9 Å². The van der Waals surface area contributed by atoms with Crippen LogP contribution in [0.1, 0.15) is 39.5 Å². The fraction of sp³-hybridized carbons (Fsp3) is 0.381. The number of nitriles is 1. The van der Waals surface area contributed by atoms with Gasteiger partial charge in [-0.1, -0.05) is 29.9 Å². The maximum Gasteiger partial charge on any atom is 0.0969 e. The van der Waals surface area contributed by atoms with Gasteiger partial charge in [0.25, 0.3) is 0 Å². The van der Waals surface area contributed by atoms with Crippen molar-refractivity contribution in [1.29, 1.82) is 5.26 Å². The largest absolute Gasteiger partial charge is 0.390 e. The van der Waals surface area contributed by atoms with Gasteiger partial charge in [-0.2, -0.15) is 5.26 Å². The minimum Gasteiger partial charge on any atom is -0.390 e. The first kappa shape index (κ1) is 18.6. The lowest BCUT2D eigenvalue weighted by atomic mass is 9.92. The summed E-state index contributed by atoms with van der Waals surface area (Å²) < 4.78 is 3.43. The molecule has 0 radical (unpaired) electrons. The van der Waals surface area contributed by atoms with Crippen LogP contribution < -0.4 is 10.0 Å². The van der Waals surface area contributed by atoms with Crippen molar-refractivity contribution in [1.82, 2.24) is 10.0 Å². The van der Waals surface area contributed by atoms with E-state index < -0.39 is 5.60 Å². The highest BCUT2D eigenvalue weighted by atomic mass is 32.2. The molecule has 3 rings (SSSR count). The molecule has 0 bridgehead atoms. The highest BCUT2D eigenvalue weighted by Gasteiger charge is 2.28. The quantitative estimate of drug-likeness (QED) is 0.609. The van der Waals surface area contributed by atoms with Gasteiger partial charge in [-0.25, -0.2) is 0 Å². The van der Waals surface area contributed by atoms with Gasteiger partial charge in [0.15, 0.2) is 0 Å². The van der Waals surface area contributed by atoms with Gasteiger partial charge in [-0.3, -0.25) is 0 Å². The highest BCUT2D eigenvalue weighted by Crippen LogP contribution is 2.33. The first-order valence-electron chi connectivity index (χ1n) is 8.96. The van der Waals surface area contributed by atoms with Crippen LogP contribution in [0.5, 0.6) is 0 Å². The zero-order valence-electron chi connectivity index (χ0n) is 15.2. The standard InChI is InChI=1S/C21H25N3OS/c1-21(2,25)12-11-15-5-3-6-17(10-9-15)26-24-19-8-4-7-18-16(13-22)14-23-20(18)19/h4-6,8-10,14,18,23-25H,3,7,11-12H2,1-2H3. The topological polar surface area (TPSA) is 68.1 Å². The fourth-order valence-electron chi connectivity index (χ4n) is 3.11. The number of aliphatic hydroxyl groups is 1. The van der Waals surface area contributed by atoms with E-state index in [0.717, 1.165) is 47.6 Å². The molecule has 0 saturated heterocycles. The van der Waals surface area contributed by atoms with E-state index in [1.165, 1.54) is 5.57 Å². The number of hydrogen-bond acceptors (Lipinski definition) is 5. The Labute approximate surface area is 159 Å². The maximum absolute atomic E-state index is 9.89. The van der Waals surface area contributed by atoms with Crippen LogP contribution in [0.2, 0.25) is 0 Å². The molecule has 0 fully saturated rings. The molecule has 4 nitrogen and oxygen atoms in total. The Kier molecular flexibility index (Phi) is 5.75. The Bertz CT molecular complexity index is 785. The first-order valence-corrected chi connectivity index (χ1v) is 9.78. The van der Waals surface area contributed by atoms with E-state index in [-0.39, 0.29) is 5.92 Å². The second-order valence-electron chi connectivity index (χ2n) is 7.34. The van der Waals surface area contributed by atoms with Crippen LogP contribution in [0.4, 0.5) is 0 Å². The molecule has 136 valence electrons. The second-order valence-corrected chi connectivity index (χ2v) is 8.22. The smallest absolute Gasteiger partial charge is 0.0969 e. The van der Waals surface area contributed by atoms with Crippen molar-refractivity contribution in [2.75, 3.05) is 0 Å². The van der Waals surface area contributed by atoms with Crippen LogP contribution in [0.15, 0.2) is 70.1 Å². The average molecular weight is 368 g/mol. The van der Waals surface area contributed by atoms with Gasteiger partial charge in [0.1, 0.15) is 0 Å². The molecule has 26 heavy (non-hydrogen) atoms. The van der Waals surface area contributed by atoms with Crippen LogP contribution in [0, 0.1) is 17.2 Å². The van der Waals surface area contributed by atoms with Crippen molar-refractivity contribution < 1.29 is 5.11 Å². The van der Waals surface area contributed by atoms with E-state index in [2.05, 4.69) is 52.6 Å². The van der Waals surface area contributed by atoms with E-state index in [1.807, 2.05) is 20.0 Å². The van der Waals surface area contributed by atoms with Gasteiger partial charge in [-0.15, -0.1) is 0 Å². The predicted molar refractivity (Wildman–Crippen MR) is 107 cm³/mol. The normalized spacial score (nSPS) is 21.9. The maximum atomic E-state index is 9.89. The van der Waals surface area contributed by atoms with Gasteiger partial charge >= 0.3 is 0 Å². The molecular weight excluding hydrogens is 342 g/mol. The summed E-state index contributed by atoms with van der Waals surface area (Å²) in [6, 6.07) is 2.27. The lowest BCUT2D eigenvalue weighted by Crippen LogP contribution is -2.19. The van der Waals surface area contributed by atoms with Crippen LogP contribution >= 0.6 is 11.9 Å². The number of hydrogen-bond donors (Lipinski definition) is 3. The second kappa shape index (κ2) is 8.03. The van der Waals surface area contributed by atoms with Gasteiger partial charge < -0.3 is 15.1 Å². The Balaban J connectivity index is 1.57. The number of fused-ring (bicyclic) bond motifs is 1. The lowest BCUT2D eigenvalue weighted by Gasteiger charge is -2.20. The summed E-state index contributed by atoms with van der Waals surface area (Å²) >= 11 is 1.59. The molecule has 5 heteroatoms. The summed E-state index contributed by atoms with van der Waals surface area (Å²) in [7, 11) is 0. The van der Waals surface area contributed by atoms with E-state index in [4.69, 9.17) is 0 Å². The van der Waals surface area contributed by atoms with Crippen molar-refractivity contribution in [2.45, 2.75) is 45.1 Å². The van der Waals surface area contributed by atoms with Crippen LogP contribution in [-0.4, -0.2) is 10.7 Å². The molecule has 2 aliphatic carbocycles. The van der Waals surface area contributed by atoms with Crippen LogP contribution in [0.3, 0.4) is 0 Å². The zero-order chi connectivity index (χ0) is 18.6. The Hall–Kier alpha value is -2.16. The molecule has 0 saturated carbocycles. The summed E-state index contributed by atoms with van der Waals surface area (Å²) in [5.74, 6) is 0.155. The van der Waals surface area contributed by atoms with Crippen LogP contribution in [0.25, 0.3) is 0 Å². The average Bonchev–Trinajstić information content (AvgIpc) is 2.89. The molecule has 0 aromatic rings. The fourth-order valence-corrected chi connectivity index (χ4v) is 3.83. The molecule has 1 aliphatic heterocycles. The molecule has 1 heterocycles. The van der Waals surface area contributed by atoms with E-state index in [9.17, 15) is 10.4 Å². The molecule has 0 amide bonds. The van der Waals surface area contributed by atoms with Crippen molar-refractivity contribution in [2.24, 2.45) is 5.92 Å². The minimum absolute atomic E-state index is 0.155. The zero-order valence-corrected chi connectivity index (χ0v) is 16.1. The third kappa shape index (κ3) is 4.72. The molecule has 0 aromatic carbocycles. The van der Waals surface area contributed by atoms with Gasteiger partial charge in [0.2, 0.25) is 0 Å². The Morgan fingerprint density at radius 2 is 2.19 bits per heavy atom. The van der Waals surface area contributed by atoms with Gasteiger partial charge in [0.05, 0.1) is 22.9 Å². The third-order valence-corrected chi connectivity index (χ3v) is 5.51. The number of rotatable bonds is 6. The predicted octanol–water partition coefficient (Wildman–Crippen LogP) is 4.34. The van der Waals surface area contributed by atoms with Gasteiger partial charge in [-0.05, 0) is 63.6 Å². The molecule has 3 N–H and O–H groups in total. The summed E-state index contributed by atoms with van der Waals surface area (Å²) in [6.07, 6.45) is 18.1. The molecule has 3 aliphatic rings. The summed E-state index contributed by atoms with van der Waals surface area (Å²) in [5.41, 5.74) is 3.54. The van der Waals surface area contributed by atoms with E-state index in [0.29, 0.717) is 0 Å². The molecular formula is C21H25N3OS. The Morgan fingerprint density at radius 3 is 2.96 bits per heavy atom. The molecule has 0 aromatic heterocycles. The van der Waals surface area contributed by atoms with E-state index >= 15 is 0 Å². The monoisotopic (exact) mass is 367 g/mol. The minimum atomic E-state index is -0.629. The Morgan fingerprint density at radius 1 is 1.35 bits per heavy atom. The number of nitrogens with zero attached hydrogens (tertiary/aromatic N) is 1. The van der Waals surface area contributed by atoms with Gasteiger partial charge in [0, 0.05) is 22.7 Å². The van der Waals surface area contributed by atoms with Crippen molar-refractivity contribution in [3.05, 3.63) is 70.1 Å². The summed E-state index contributed by atoms with van der Waals surface area (Å²) in [6.45, 7) is 3.70. The first-order chi connectivity index (χ1) is 12.5. The third-order valence-electron chi connectivity index (χ3n) is 4.65. The number of allylic oxidation sites excluding steroid dienone is 8. The lowest BCUT2D eigenvalue weighted by molar-refractivity contribution is 0.0716. The SMILES string of the molecule is CC(C)(O)CCC1=CCC=C(SNC2=C3NC=C(C#N)C3CC=C2)C=C1. The number of nitrogens with one attached hydrogen (secondary N) is 2. The molecule has 0 spiro atoms. The van der Waals surface area contributed by atoms with E-state index in [1.54, 1.807) is 11.9 Å².